The highest BCUT2D eigenvalue weighted by molar-refractivity contribution is 5.92. The second-order valence-electron chi connectivity index (χ2n) is 5.44. The van der Waals surface area contributed by atoms with Crippen molar-refractivity contribution >= 4 is 11.9 Å². The van der Waals surface area contributed by atoms with Gasteiger partial charge in [-0.1, -0.05) is 33.1 Å². The quantitative estimate of drug-likeness (QED) is 0.391. The van der Waals surface area contributed by atoms with Gasteiger partial charge in [-0.25, -0.2) is 9.59 Å². The summed E-state index contributed by atoms with van der Waals surface area (Å²) in [5.74, 6) is -0.563. The summed E-state index contributed by atoms with van der Waals surface area (Å²) < 4.78 is 10.2. The first-order valence-electron chi connectivity index (χ1n) is 8.15. The minimum atomic E-state index is -0.672. The zero-order chi connectivity index (χ0) is 17.8. The van der Waals surface area contributed by atoms with E-state index in [1.54, 1.807) is 12.1 Å². The molecule has 5 heteroatoms. The first kappa shape index (κ1) is 19.4. The van der Waals surface area contributed by atoms with E-state index in [0.29, 0.717) is 23.8 Å². The van der Waals surface area contributed by atoms with Crippen molar-refractivity contribution in [1.82, 2.24) is 0 Å². The molecule has 5 nitrogen and oxygen atoms in total. The third kappa shape index (κ3) is 7.59. The van der Waals surface area contributed by atoms with Crippen molar-refractivity contribution in [2.45, 2.75) is 39.5 Å². The molecule has 0 bridgehead atoms. The van der Waals surface area contributed by atoms with Crippen LogP contribution in [0.2, 0.25) is 0 Å². The summed E-state index contributed by atoms with van der Waals surface area (Å²) in [4.78, 5) is 23.2. The van der Waals surface area contributed by atoms with Crippen LogP contribution >= 0.6 is 0 Å². The van der Waals surface area contributed by atoms with Gasteiger partial charge in [-0.15, -0.1) is 0 Å². The summed E-state index contributed by atoms with van der Waals surface area (Å²) >= 11 is 0. The van der Waals surface area contributed by atoms with E-state index in [4.69, 9.17) is 14.7 Å². The number of nitrogens with zero attached hydrogens (tertiary/aromatic N) is 1. The van der Waals surface area contributed by atoms with Crippen molar-refractivity contribution in [2.75, 3.05) is 6.61 Å². The Morgan fingerprint density at radius 3 is 2.42 bits per heavy atom. The zero-order valence-corrected chi connectivity index (χ0v) is 14.2. The molecule has 0 aliphatic heterocycles. The van der Waals surface area contributed by atoms with Gasteiger partial charge >= 0.3 is 11.9 Å². The van der Waals surface area contributed by atoms with Crippen molar-refractivity contribution in [3.8, 4) is 11.8 Å². The summed E-state index contributed by atoms with van der Waals surface area (Å²) in [5, 5.41) is 8.69. The molecule has 0 saturated heterocycles. The lowest BCUT2D eigenvalue weighted by Gasteiger charge is -2.13. The van der Waals surface area contributed by atoms with Crippen LogP contribution in [0.15, 0.2) is 36.4 Å². The van der Waals surface area contributed by atoms with Crippen LogP contribution in [0, 0.1) is 17.2 Å². The average Bonchev–Trinajstić information content (AvgIpc) is 2.60. The second-order valence-corrected chi connectivity index (χ2v) is 5.44. The van der Waals surface area contributed by atoms with Crippen LogP contribution < -0.4 is 4.74 Å². The van der Waals surface area contributed by atoms with Gasteiger partial charge in [0.1, 0.15) is 5.75 Å². The fourth-order valence-corrected chi connectivity index (χ4v) is 2.03. The average molecular weight is 329 g/mol. The number of esters is 2. The monoisotopic (exact) mass is 329 g/mol. The van der Waals surface area contributed by atoms with E-state index in [9.17, 15) is 9.59 Å². The Kier molecular flexibility index (Phi) is 8.91. The topological polar surface area (TPSA) is 76.4 Å². The lowest BCUT2D eigenvalue weighted by atomic mass is 10.0. The molecule has 1 atom stereocenters. The Balaban J connectivity index is 2.39. The Hall–Kier alpha value is -2.61. The number of hydrogen-bond acceptors (Lipinski definition) is 5. The molecule has 1 rings (SSSR count). The van der Waals surface area contributed by atoms with Crippen LogP contribution in [-0.2, 0) is 14.3 Å². The molecule has 1 aromatic rings. The second kappa shape index (κ2) is 11.0. The van der Waals surface area contributed by atoms with E-state index < -0.39 is 11.9 Å². The number of carbonyl (C=O) groups is 2. The first-order valence-corrected chi connectivity index (χ1v) is 8.15. The molecule has 0 spiro atoms. The van der Waals surface area contributed by atoms with E-state index >= 15 is 0 Å². The fraction of sp³-hybridized carbons (Fsp3) is 0.421. The standard InChI is InChI=1S/C19H23NO4/c1-3-5-6-15(4-2)14-23-18(21)11-12-19(22)24-17-9-7-16(13-20)8-10-17/h7-12,15H,3-6,14H2,1-2H3/b12-11+. The van der Waals surface area contributed by atoms with Gasteiger partial charge in [0, 0.05) is 12.2 Å². The summed E-state index contributed by atoms with van der Waals surface area (Å²) in [6, 6.07) is 8.09. The summed E-state index contributed by atoms with van der Waals surface area (Å²) in [6.45, 7) is 4.56. The van der Waals surface area contributed by atoms with Crippen LogP contribution in [0.25, 0.3) is 0 Å². The number of ether oxygens (including phenoxy) is 2. The van der Waals surface area contributed by atoms with Gasteiger partial charge < -0.3 is 9.47 Å². The molecular formula is C19H23NO4. The molecule has 1 aromatic carbocycles. The lowest BCUT2D eigenvalue weighted by Crippen LogP contribution is -2.13. The first-order chi connectivity index (χ1) is 11.6. The summed E-state index contributed by atoms with van der Waals surface area (Å²) in [5.41, 5.74) is 0.475. The van der Waals surface area contributed by atoms with E-state index in [-0.39, 0.29) is 0 Å². The van der Waals surface area contributed by atoms with Gasteiger partial charge in [-0.05, 0) is 36.6 Å². The van der Waals surface area contributed by atoms with E-state index in [1.807, 2.05) is 6.07 Å². The maximum atomic E-state index is 11.6. The molecule has 0 radical (unpaired) electrons. The molecular weight excluding hydrogens is 306 g/mol. The van der Waals surface area contributed by atoms with Crippen LogP contribution in [0.3, 0.4) is 0 Å². The van der Waals surface area contributed by atoms with Crippen molar-refractivity contribution in [3.05, 3.63) is 42.0 Å². The van der Waals surface area contributed by atoms with E-state index in [2.05, 4.69) is 13.8 Å². The maximum absolute atomic E-state index is 11.6. The molecule has 0 fully saturated rings. The molecule has 0 amide bonds. The molecule has 0 aromatic heterocycles. The molecule has 0 saturated carbocycles. The zero-order valence-electron chi connectivity index (χ0n) is 14.2. The van der Waals surface area contributed by atoms with Crippen molar-refractivity contribution in [2.24, 2.45) is 5.92 Å². The number of unbranched alkanes of at least 4 members (excludes halogenated alkanes) is 1. The van der Waals surface area contributed by atoms with Gasteiger partial charge in [-0.2, -0.15) is 5.26 Å². The largest absolute Gasteiger partial charge is 0.462 e. The highest BCUT2D eigenvalue weighted by atomic mass is 16.5. The molecule has 1 unspecified atom stereocenters. The van der Waals surface area contributed by atoms with Crippen LogP contribution in [0.5, 0.6) is 5.75 Å². The predicted molar refractivity (Wildman–Crippen MR) is 90.2 cm³/mol. The van der Waals surface area contributed by atoms with Crippen LogP contribution in [0.4, 0.5) is 0 Å². The number of rotatable bonds is 9. The molecule has 0 N–H and O–H groups in total. The van der Waals surface area contributed by atoms with Gasteiger partial charge in [0.25, 0.3) is 0 Å². The molecule has 0 aliphatic rings. The highest BCUT2D eigenvalue weighted by Gasteiger charge is 2.09. The normalized spacial score (nSPS) is 11.7. The number of benzene rings is 1. The predicted octanol–water partition coefficient (Wildman–Crippen LogP) is 3.78. The molecule has 0 heterocycles. The third-order valence-electron chi connectivity index (χ3n) is 3.56. The molecule has 24 heavy (non-hydrogen) atoms. The molecule has 128 valence electrons. The van der Waals surface area contributed by atoms with E-state index in [0.717, 1.165) is 37.8 Å². The molecule has 0 aliphatic carbocycles. The Labute approximate surface area is 142 Å². The highest BCUT2D eigenvalue weighted by Crippen LogP contribution is 2.13. The summed E-state index contributed by atoms with van der Waals surface area (Å²) in [6.07, 6.45) is 6.32. The Bertz CT molecular complexity index is 599. The minimum Gasteiger partial charge on any atom is -0.462 e. The fourth-order valence-electron chi connectivity index (χ4n) is 2.03. The third-order valence-corrected chi connectivity index (χ3v) is 3.56. The maximum Gasteiger partial charge on any atom is 0.336 e. The number of carbonyl (C=O) groups excluding carboxylic acids is 2. The van der Waals surface area contributed by atoms with Gasteiger partial charge in [0.05, 0.1) is 18.2 Å². The van der Waals surface area contributed by atoms with Crippen LogP contribution in [-0.4, -0.2) is 18.5 Å². The van der Waals surface area contributed by atoms with Crippen molar-refractivity contribution < 1.29 is 19.1 Å². The van der Waals surface area contributed by atoms with Gasteiger partial charge in [0.15, 0.2) is 0 Å². The smallest absolute Gasteiger partial charge is 0.336 e. The van der Waals surface area contributed by atoms with Gasteiger partial charge in [-0.3, -0.25) is 0 Å². The Morgan fingerprint density at radius 2 is 1.83 bits per heavy atom. The minimum absolute atomic E-state index is 0.308. The van der Waals surface area contributed by atoms with Crippen molar-refractivity contribution in [1.29, 1.82) is 5.26 Å². The number of nitriles is 1. The van der Waals surface area contributed by atoms with Crippen molar-refractivity contribution in [3.63, 3.8) is 0 Å². The van der Waals surface area contributed by atoms with Crippen LogP contribution in [0.1, 0.15) is 45.1 Å². The Morgan fingerprint density at radius 1 is 1.17 bits per heavy atom. The van der Waals surface area contributed by atoms with Gasteiger partial charge in [0.2, 0.25) is 0 Å². The SMILES string of the molecule is CCCCC(CC)COC(=O)/C=C/C(=O)Oc1ccc(C#N)cc1. The number of hydrogen-bond donors (Lipinski definition) is 0. The van der Waals surface area contributed by atoms with E-state index in [1.165, 1.54) is 12.1 Å². The summed E-state index contributed by atoms with van der Waals surface area (Å²) in [7, 11) is 0. The lowest BCUT2D eigenvalue weighted by molar-refractivity contribution is -0.139.